The van der Waals surface area contributed by atoms with Crippen molar-refractivity contribution in [2.24, 2.45) is 7.05 Å². The molecule has 106 valence electrons. The molecule has 0 spiro atoms. The third-order valence-electron chi connectivity index (χ3n) is 2.04. The molecule has 0 bridgehead atoms. The molecule has 0 aromatic carbocycles. The van der Waals surface area contributed by atoms with Gasteiger partial charge in [0.15, 0.2) is 0 Å². The Kier molecular flexibility index (Phi) is 4.50. The first-order valence-corrected chi connectivity index (χ1v) is 6.58. The lowest BCUT2D eigenvalue weighted by Gasteiger charge is -2.20. The molecule has 19 heavy (non-hydrogen) atoms. The number of aryl methyl sites for hydroxylation is 1. The van der Waals surface area contributed by atoms with Crippen LogP contribution in [-0.4, -0.2) is 41.5 Å². The number of rotatable bonds is 4. The Hall–Kier alpha value is -1.24. The smallest absolute Gasteiger partial charge is 0.324 e. The zero-order valence-corrected chi connectivity index (χ0v) is 11.2. The topological polar surface area (TPSA) is 55.2 Å². The number of alkyl halides is 3. The molecule has 0 unspecified atom stereocenters. The summed E-state index contributed by atoms with van der Waals surface area (Å²) in [5, 5.41) is -0.944. The minimum absolute atomic E-state index is 0.0984. The largest absolute Gasteiger partial charge is 0.402 e. The Labute approximate surface area is 113 Å². The van der Waals surface area contributed by atoms with Gasteiger partial charge in [-0.1, -0.05) is 17.5 Å². The van der Waals surface area contributed by atoms with Gasteiger partial charge in [-0.2, -0.15) is 17.5 Å². The van der Waals surface area contributed by atoms with Crippen LogP contribution in [0.2, 0.25) is 5.15 Å². The molecular weight excluding hydrogens is 307 g/mol. The molecule has 5 nitrogen and oxygen atoms in total. The van der Waals surface area contributed by atoms with Crippen LogP contribution in [0.3, 0.4) is 0 Å². The molecule has 0 saturated heterocycles. The number of aromatic nitrogens is 2. The number of terminal acetylenes is 1. The van der Waals surface area contributed by atoms with Gasteiger partial charge in [0.1, 0.15) is 11.7 Å². The quantitative estimate of drug-likeness (QED) is 0.786. The fourth-order valence-electron chi connectivity index (χ4n) is 1.22. The minimum atomic E-state index is -4.72. The van der Waals surface area contributed by atoms with Gasteiger partial charge in [-0.05, 0) is 0 Å². The summed E-state index contributed by atoms with van der Waals surface area (Å²) >= 11 is 5.67. The summed E-state index contributed by atoms with van der Waals surface area (Å²) in [5.41, 5.74) is 0. The first-order chi connectivity index (χ1) is 8.59. The lowest BCUT2D eigenvalue weighted by Crippen LogP contribution is -2.39. The third kappa shape index (κ3) is 3.62. The van der Waals surface area contributed by atoms with Gasteiger partial charge in [-0.25, -0.2) is 13.4 Å². The first-order valence-electron chi connectivity index (χ1n) is 4.77. The predicted molar refractivity (Wildman–Crippen MR) is 61.9 cm³/mol. The van der Waals surface area contributed by atoms with E-state index in [0.717, 1.165) is 10.9 Å². The van der Waals surface area contributed by atoms with Gasteiger partial charge in [-0.15, -0.1) is 6.42 Å². The molecule has 0 aliphatic rings. The summed E-state index contributed by atoms with van der Waals surface area (Å²) in [6.07, 6.45) is 1.25. The van der Waals surface area contributed by atoms with Crippen LogP contribution >= 0.6 is 11.6 Å². The van der Waals surface area contributed by atoms with Gasteiger partial charge in [-0.3, -0.25) is 0 Å². The molecule has 1 aromatic heterocycles. The highest BCUT2D eigenvalue weighted by Crippen LogP contribution is 2.25. The normalized spacial score (nSPS) is 12.7. The van der Waals surface area contributed by atoms with E-state index >= 15 is 0 Å². The van der Waals surface area contributed by atoms with Crippen molar-refractivity contribution in [3.05, 3.63) is 11.5 Å². The van der Waals surface area contributed by atoms with Crippen LogP contribution < -0.4 is 0 Å². The number of sulfonamides is 1. The monoisotopic (exact) mass is 315 g/mol. The Morgan fingerprint density at radius 2 is 2.16 bits per heavy atom. The van der Waals surface area contributed by atoms with Gasteiger partial charge < -0.3 is 4.57 Å². The lowest BCUT2D eigenvalue weighted by molar-refractivity contribution is -0.135. The maximum absolute atomic E-state index is 12.3. The average Bonchev–Trinajstić information content (AvgIpc) is 2.57. The molecule has 0 amide bonds. The van der Waals surface area contributed by atoms with Crippen LogP contribution in [0.4, 0.5) is 13.2 Å². The van der Waals surface area contributed by atoms with E-state index in [2.05, 4.69) is 4.98 Å². The summed E-state index contributed by atoms with van der Waals surface area (Å²) < 4.78 is 62.3. The molecule has 0 atom stereocenters. The van der Waals surface area contributed by atoms with Crippen LogP contribution in [0.1, 0.15) is 0 Å². The van der Waals surface area contributed by atoms with Gasteiger partial charge in [0.2, 0.25) is 5.03 Å². The van der Waals surface area contributed by atoms with Crippen LogP contribution in [0.5, 0.6) is 0 Å². The van der Waals surface area contributed by atoms with Crippen molar-refractivity contribution in [1.82, 2.24) is 13.9 Å². The molecule has 1 aromatic rings. The molecule has 0 aliphatic heterocycles. The fourth-order valence-corrected chi connectivity index (χ4v) is 2.94. The van der Waals surface area contributed by atoms with Crippen molar-refractivity contribution in [2.45, 2.75) is 11.2 Å². The molecule has 0 radical (unpaired) electrons. The minimum Gasteiger partial charge on any atom is -0.324 e. The molecule has 1 heterocycles. The number of hydrogen-bond acceptors (Lipinski definition) is 3. The number of halogens is 4. The van der Waals surface area contributed by atoms with Gasteiger partial charge >= 0.3 is 6.18 Å². The molecule has 0 N–H and O–H groups in total. The zero-order chi connectivity index (χ0) is 14.8. The van der Waals surface area contributed by atoms with E-state index in [1.54, 1.807) is 0 Å². The van der Waals surface area contributed by atoms with Crippen molar-refractivity contribution in [3.8, 4) is 12.3 Å². The first kappa shape index (κ1) is 15.8. The molecule has 0 fully saturated rings. The van der Waals surface area contributed by atoms with Crippen LogP contribution in [0.25, 0.3) is 0 Å². The molecule has 10 heteroatoms. The predicted octanol–water partition coefficient (Wildman–Crippen LogP) is 1.26. The van der Waals surface area contributed by atoms with E-state index in [1.807, 2.05) is 5.92 Å². The van der Waals surface area contributed by atoms with E-state index in [-0.39, 0.29) is 9.46 Å². The van der Waals surface area contributed by atoms with Gasteiger partial charge in [0.25, 0.3) is 10.0 Å². The molecule has 0 saturated carbocycles. The molecule has 1 rings (SSSR count). The second kappa shape index (κ2) is 5.40. The SMILES string of the molecule is C#CCN(CC(F)(F)F)S(=O)(=O)c1ncn(C)c1Cl. The van der Waals surface area contributed by atoms with Crippen molar-refractivity contribution in [2.75, 3.05) is 13.1 Å². The zero-order valence-electron chi connectivity index (χ0n) is 9.65. The van der Waals surface area contributed by atoms with E-state index in [1.165, 1.54) is 7.05 Å². The third-order valence-corrected chi connectivity index (χ3v) is 4.33. The van der Waals surface area contributed by atoms with Gasteiger partial charge in [0.05, 0.1) is 12.9 Å². The van der Waals surface area contributed by atoms with Crippen LogP contribution in [-0.2, 0) is 17.1 Å². The van der Waals surface area contributed by atoms with Crippen LogP contribution in [0.15, 0.2) is 11.4 Å². The standard InChI is InChI=1S/C9H9ClF3N3O2S/c1-3-4-16(5-9(11,12)13)19(17,18)8-7(10)15(2)6-14-8/h1,6H,4-5H2,2H3. The highest BCUT2D eigenvalue weighted by Gasteiger charge is 2.38. The fraction of sp³-hybridized carbons (Fsp3) is 0.444. The molecule has 0 aliphatic carbocycles. The van der Waals surface area contributed by atoms with Gasteiger partial charge in [0, 0.05) is 7.05 Å². The summed E-state index contributed by atoms with van der Waals surface area (Å²) in [5.74, 6) is 1.86. The second-order valence-electron chi connectivity index (χ2n) is 3.54. The maximum Gasteiger partial charge on any atom is 0.402 e. The lowest BCUT2D eigenvalue weighted by atomic mass is 10.6. The van der Waals surface area contributed by atoms with E-state index in [0.29, 0.717) is 0 Å². The Morgan fingerprint density at radius 1 is 1.58 bits per heavy atom. The van der Waals surface area contributed by atoms with Crippen molar-refractivity contribution in [3.63, 3.8) is 0 Å². The summed E-state index contributed by atoms with van der Waals surface area (Å²) in [4.78, 5) is 3.49. The highest BCUT2D eigenvalue weighted by atomic mass is 35.5. The number of nitrogens with zero attached hydrogens (tertiary/aromatic N) is 3. The summed E-state index contributed by atoms with van der Waals surface area (Å²) in [6.45, 7) is -2.43. The van der Waals surface area contributed by atoms with Crippen LogP contribution in [0, 0.1) is 12.3 Å². The number of hydrogen-bond donors (Lipinski definition) is 0. The van der Waals surface area contributed by atoms with E-state index in [4.69, 9.17) is 18.0 Å². The summed E-state index contributed by atoms with van der Waals surface area (Å²) in [7, 11) is -3.09. The maximum atomic E-state index is 12.3. The average molecular weight is 316 g/mol. The van der Waals surface area contributed by atoms with Crippen molar-refractivity contribution >= 4 is 21.6 Å². The molecular formula is C9H9ClF3N3O2S. The van der Waals surface area contributed by atoms with E-state index < -0.39 is 34.3 Å². The Bertz CT molecular complexity index is 603. The van der Waals surface area contributed by atoms with Crippen molar-refractivity contribution < 1.29 is 21.6 Å². The summed E-state index contributed by atoms with van der Waals surface area (Å²) in [6, 6.07) is 0. The van der Waals surface area contributed by atoms with Crippen molar-refractivity contribution in [1.29, 1.82) is 0 Å². The number of imidazole rings is 1. The highest BCUT2D eigenvalue weighted by molar-refractivity contribution is 7.89. The Morgan fingerprint density at radius 3 is 2.53 bits per heavy atom. The second-order valence-corrected chi connectivity index (χ2v) is 5.76. The van der Waals surface area contributed by atoms with E-state index in [9.17, 15) is 21.6 Å². The Balaban J connectivity index is 3.21.